The van der Waals surface area contributed by atoms with Gasteiger partial charge in [-0.15, -0.1) is 10.2 Å². The van der Waals surface area contributed by atoms with Crippen molar-refractivity contribution in [3.8, 4) is 11.4 Å². The molecule has 1 aromatic heterocycles. The van der Waals surface area contributed by atoms with E-state index in [9.17, 15) is 4.39 Å². The molecule has 0 aliphatic rings. The molecule has 1 heterocycles. The van der Waals surface area contributed by atoms with E-state index < -0.39 is 5.82 Å². The Kier molecular flexibility index (Phi) is 2.14. The predicted octanol–water partition coefficient (Wildman–Crippen LogP) is 1.41. The van der Waals surface area contributed by atoms with E-state index in [1.807, 2.05) is 0 Å². The molecule has 0 aliphatic heterocycles. The normalized spacial score (nSPS) is 10.1. The zero-order valence-corrected chi connectivity index (χ0v) is 7.51. The first-order valence-corrected chi connectivity index (χ1v) is 4.00. The monoisotopic (exact) mass is 193 g/mol. The van der Waals surface area contributed by atoms with E-state index in [0.717, 1.165) is 0 Å². The molecule has 5 heteroatoms. The van der Waals surface area contributed by atoms with Gasteiger partial charge in [-0.05, 0) is 12.1 Å². The number of hydrogen-bond donors (Lipinski definition) is 0. The number of benzene rings is 1. The van der Waals surface area contributed by atoms with E-state index in [2.05, 4.69) is 10.2 Å². The molecule has 2 rings (SSSR count). The average Bonchev–Trinajstić information content (AvgIpc) is 2.70. The van der Waals surface area contributed by atoms with Gasteiger partial charge in [-0.1, -0.05) is 0 Å². The maximum Gasteiger partial charge on any atom is 0.167 e. The van der Waals surface area contributed by atoms with Crippen molar-refractivity contribution < 1.29 is 9.13 Å². The average molecular weight is 193 g/mol. The van der Waals surface area contributed by atoms with Crippen LogP contribution in [-0.2, 0) is 0 Å². The van der Waals surface area contributed by atoms with E-state index in [-0.39, 0.29) is 5.75 Å². The van der Waals surface area contributed by atoms with Gasteiger partial charge in [0.25, 0.3) is 0 Å². The van der Waals surface area contributed by atoms with Crippen molar-refractivity contribution in [3.05, 3.63) is 36.7 Å². The molecule has 0 bridgehead atoms. The summed E-state index contributed by atoms with van der Waals surface area (Å²) in [5, 5.41) is 7.26. The predicted molar refractivity (Wildman–Crippen MR) is 47.9 cm³/mol. The van der Waals surface area contributed by atoms with Gasteiger partial charge < -0.3 is 4.74 Å². The molecule has 0 amide bonds. The summed E-state index contributed by atoms with van der Waals surface area (Å²) in [5.74, 6) is -0.180. The lowest BCUT2D eigenvalue weighted by molar-refractivity contribution is 0.386. The van der Waals surface area contributed by atoms with Crippen molar-refractivity contribution in [2.75, 3.05) is 7.11 Å². The van der Waals surface area contributed by atoms with Gasteiger partial charge in [0, 0.05) is 6.07 Å². The molecule has 0 N–H and O–H groups in total. The first-order chi connectivity index (χ1) is 6.81. The Morgan fingerprint density at radius 3 is 2.57 bits per heavy atom. The summed E-state index contributed by atoms with van der Waals surface area (Å²) in [7, 11) is 1.43. The van der Waals surface area contributed by atoms with Crippen LogP contribution in [0.5, 0.6) is 5.75 Å². The topological polar surface area (TPSA) is 39.9 Å². The Morgan fingerprint density at radius 2 is 2.00 bits per heavy atom. The fourth-order valence-corrected chi connectivity index (χ4v) is 1.15. The van der Waals surface area contributed by atoms with Crippen molar-refractivity contribution in [2.24, 2.45) is 0 Å². The zero-order chi connectivity index (χ0) is 9.97. The molecule has 0 saturated carbocycles. The lowest BCUT2D eigenvalue weighted by Gasteiger charge is -2.04. The van der Waals surface area contributed by atoms with Crippen molar-refractivity contribution in [2.45, 2.75) is 0 Å². The fraction of sp³-hybridized carbons (Fsp3) is 0.111. The molecule has 14 heavy (non-hydrogen) atoms. The van der Waals surface area contributed by atoms with Crippen LogP contribution in [-0.4, -0.2) is 21.9 Å². The summed E-state index contributed by atoms with van der Waals surface area (Å²) in [6.07, 6.45) is 3.00. The Bertz CT molecular complexity index is 428. The van der Waals surface area contributed by atoms with Crippen LogP contribution < -0.4 is 4.74 Å². The number of nitrogens with zero attached hydrogens (tertiary/aromatic N) is 3. The third-order valence-corrected chi connectivity index (χ3v) is 1.85. The second kappa shape index (κ2) is 3.45. The fourth-order valence-electron chi connectivity index (χ4n) is 1.15. The highest BCUT2D eigenvalue weighted by Crippen LogP contribution is 2.19. The van der Waals surface area contributed by atoms with Crippen LogP contribution in [0, 0.1) is 5.82 Å². The maximum atomic E-state index is 13.3. The van der Waals surface area contributed by atoms with E-state index in [0.29, 0.717) is 5.69 Å². The smallest absolute Gasteiger partial charge is 0.167 e. The molecule has 0 aliphatic carbocycles. The molecular formula is C9H8FN3O. The summed E-state index contributed by atoms with van der Waals surface area (Å²) in [6.45, 7) is 0. The first kappa shape index (κ1) is 8.68. The van der Waals surface area contributed by atoms with Crippen molar-refractivity contribution in [1.29, 1.82) is 0 Å². The van der Waals surface area contributed by atoms with Gasteiger partial charge in [0.05, 0.1) is 12.8 Å². The zero-order valence-electron chi connectivity index (χ0n) is 7.51. The van der Waals surface area contributed by atoms with Gasteiger partial charge in [-0.2, -0.15) is 0 Å². The van der Waals surface area contributed by atoms with E-state index >= 15 is 0 Å². The second-order valence-electron chi connectivity index (χ2n) is 2.69. The molecule has 0 atom stereocenters. The lowest BCUT2D eigenvalue weighted by Crippen LogP contribution is -1.93. The van der Waals surface area contributed by atoms with Crippen LogP contribution in [0.1, 0.15) is 0 Å². The Labute approximate surface area is 80.0 Å². The van der Waals surface area contributed by atoms with Gasteiger partial charge in [0.15, 0.2) is 11.6 Å². The molecule has 1 aromatic carbocycles. The van der Waals surface area contributed by atoms with Crippen LogP contribution in [0.4, 0.5) is 4.39 Å². The van der Waals surface area contributed by atoms with Crippen LogP contribution in [0.2, 0.25) is 0 Å². The van der Waals surface area contributed by atoms with Crippen LogP contribution in [0.15, 0.2) is 30.9 Å². The third-order valence-electron chi connectivity index (χ3n) is 1.85. The second-order valence-corrected chi connectivity index (χ2v) is 2.69. The summed E-state index contributed by atoms with van der Waals surface area (Å²) in [5.41, 5.74) is 0.660. The maximum absolute atomic E-state index is 13.3. The minimum absolute atomic E-state index is 0.224. The van der Waals surface area contributed by atoms with Gasteiger partial charge in [-0.3, -0.25) is 4.57 Å². The standard InChI is InChI=1S/C9H8FN3O/c1-14-9-3-2-7(4-8(9)10)13-5-11-12-6-13/h2-6H,1H3. The lowest BCUT2D eigenvalue weighted by atomic mass is 10.3. The number of hydrogen-bond acceptors (Lipinski definition) is 3. The molecule has 0 spiro atoms. The summed E-state index contributed by atoms with van der Waals surface area (Å²) >= 11 is 0. The number of aromatic nitrogens is 3. The Morgan fingerprint density at radius 1 is 1.29 bits per heavy atom. The highest BCUT2D eigenvalue weighted by atomic mass is 19.1. The van der Waals surface area contributed by atoms with Gasteiger partial charge >= 0.3 is 0 Å². The van der Waals surface area contributed by atoms with Gasteiger partial charge in [0.2, 0.25) is 0 Å². The molecule has 0 saturated heterocycles. The molecule has 0 unspecified atom stereocenters. The molecule has 0 radical (unpaired) electrons. The minimum atomic E-state index is -0.404. The highest BCUT2D eigenvalue weighted by Gasteiger charge is 2.04. The van der Waals surface area contributed by atoms with E-state index in [4.69, 9.17) is 4.74 Å². The first-order valence-electron chi connectivity index (χ1n) is 4.00. The van der Waals surface area contributed by atoms with Crippen molar-refractivity contribution in [3.63, 3.8) is 0 Å². The summed E-state index contributed by atoms with van der Waals surface area (Å²) < 4.78 is 19.7. The molecule has 4 nitrogen and oxygen atoms in total. The number of rotatable bonds is 2. The van der Waals surface area contributed by atoms with E-state index in [1.165, 1.54) is 25.8 Å². The van der Waals surface area contributed by atoms with E-state index in [1.54, 1.807) is 16.7 Å². The SMILES string of the molecule is COc1ccc(-n2cnnc2)cc1F. The number of halogens is 1. The minimum Gasteiger partial charge on any atom is -0.494 e. The Balaban J connectivity index is 2.43. The largest absolute Gasteiger partial charge is 0.494 e. The van der Waals surface area contributed by atoms with Crippen molar-refractivity contribution >= 4 is 0 Å². The molecule has 72 valence electrons. The summed E-state index contributed by atoms with van der Waals surface area (Å²) in [4.78, 5) is 0. The van der Waals surface area contributed by atoms with Crippen LogP contribution in [0.3, 0.4) is 0 Å². The van der Waals surface area contributed by atoms with Gasteiger partial charge in [0.1, 0.15) is 12.7 Å². The van der Waals surface area contributed by atoms with Gasteiger partial charge in [-0.25, -0.2) is 4.39 Å². The highest BCUT2D eigenvalue weighted by molar-refractivity contribution is 5.38. The Hall–Kier alpha value is -1.91. The van der Waals surface area contributed by atoms with Crippen molar-refractivity contribution in [1.82, 2.24) is 14.8 Å². The number of ether oxygens (including phenoxy) is 1. The molecular weight excluding hydrogens is 185 g/mol. The molecule has 2 aromatic rings. The molecule has 0 fully saturated rings. The van der Waals surface area contributed by atoms with Crippen LogP contribution >= 0.6 is 0 Å². The third kappa shape index (κ3) is 1.44. The number of methoxy groups -OCH3 is 1. The van der Waals surface area contributed by atoms with Crippen LogP contribution in [0.25, 0.3) is 5.69 Å². The summed E-state index contributed by atoms with van der Waals surface area (Å²) in [6, 6.07) is 4.65. The quantitative estimate of drug-likeness (QED) is 0.724.